The number of allylic oxidation sites excluding steroid dienone is 1. The van der Waals surface area contributed by atoms with E-state index in [1.165, 1.54) is 19.3 Å². The summed E-state index contributed by atoms with van der Waals surface area (Å²) in [4.78, 5) is 25.0. The number of nitrogens with one attached hydrogen (secondary N) is 1. The second-order valence-corrected chi connectivity index (χ2v) is 5.97. The van der Waals surface area contributed by atoms with E-state index in [2.05, 4.69) is 21.2 Å². The average Bonchev–Trinajstić information content (AvgIpc) is 2.77. The molecule has 1 N–H and O–H groups in total. The van der Waals surface area contributed by atoms with Crippen LogP contribution in [0.2, 0.25) is 0 Å². The summed E-state index contributed by atoms with van der Waals surface area (Å²) in [5.74, 6) is 0.684. The molecule has 0 unspecified atom stereocenters. The molecule has 130 valence electrons. The van der Waals surface area contributed by atoms with Crippen molar-refractivity contribution in [2.75, 3.05) is 26.6 Å². The van der Waals surface area contributed by atoms with Crippen LogP contribution in [-0.2, 0) is 0 Å². The largest absolute Gasteiger partial charge is 0.493 e. The maximum Gasteiger partial charge on any atom is 0.212 e. The Morgan fingerprint density at radius 2 is 1.92 bits per heavy atom. The Hall–Kier alpha value is -2.60. The number of benzene rings is 1. The van der Waals surface area contributed by atoms with Gasteiger partial charge in [0.25, 0.3) is 0 Å². The van der Waals surface area contributed by atoms with Crippen molar-refractivity contribution in [3.63, 3.8) is 0 Å². The first-order valence-corrected chi connectivity index (χ1v) is 8.26. The fourth-order valence-electron chi connectivity index (χ4n) is 2.31. The number of hydrogen-bond acceptors (Lipinski definition) is 5. The second-order valence-electron chi connectivity index (χ2n) is 5.05. The number of methoxy groups -OCH3 is 2. The third-order valence-corrected chi connectivity index (χ3v) is 4.06. The Morgan fingerprint density at radius 1 is 1.16 bits per heavy atom. The zero-order chi connectivity index (χ0) is 18.4. The van der Waals surface area contributed by atoms with Gasteiger partial charge in [0.2, 0.25) is 5.43 Å². The molecule has 0 atom stereocenters. The zero-order valence-electron chi connectivity index (χ0n) is 14.1. The summed E-state index contributed by atoms with van der Waals surface area (Å²) in [7, 11) is 4.71. The molecule has 0 spiro atoms. The van der Waals surface area contributed by atoms with Crippen LogP contribution in [0.3, 0.4) is 0 Å². The minimum absolute atomic E-state index is 0.0688. The smallest absolute Gasteiger partial charge is 0.212 e. The van der Waals surface area contributed by atoms with E-state index in [4.69, 9.17) is 9.47 Å². The maximum atomic E-state index is 12.5. The SMILES string of the molecule is CNc1ccc(Br)cc(C(=O)/C=C/c2cccc(OC)c2OC)c1=O. The molecule has 2 aromatic carbocycles. The molecular weight excluding hydrogens is 386 g/mol. The molecule has 5 nitrogen and oxygen atoms in total. The Bertz CT molecular complexity index is 878. The Labute approximate surface area is 154 Å². The normalized spacial score (nSPS) is 10.6. The Morgan fingerprint density at radius 3 is 2.56 bits per heavy atom. The van der Waals surface area contributed by atoms with Crippen molar-refractivity contribution in [2.24, 2.45) is 0 Å². The van der Waals surface area contributed by atoms with Gasteiger partial charge in [-0.05, 0) is 36.4 Å². The minimum atomic E-state index is -0.400. The molecule has 0 aliphatic heterocycles. The van der Waals surface area contributed by atoms with Crippen molar-refractivity contribution in [1.82, 2.24) is 0 Å². The van der Waals surface area contributed by atoms with Crippen LogP contribution >= 0.6 is 15.9 Å². The molecule has 0 saturated carbocycles. The summed E-state index contributed by atoms with van der Waals surface area (Å²) < 4.78 is 11.2. The van der Waals surface area contributed by atoms with Crippen molar-refractivity contribution >= 4 is 33.5 Å². The van der Waals surface area contributed by atoms with Crippen molar-refractivity contribution in [1.29, 1.82) is 0 Å². The highest BCUT2D eigenvalue weighted by molar-refractivity contribution is 9.10. The number of rotatable bonds is 6. The third kappa shape index (κ3) is 4.28. The molecule has 0 radical (unpaired) electrons. The van der Waals surface area contributed by atoms with Gasteiger partial charge in [0.15, 0.2) is 17.3 Å². The first-order valence-electron chi connectivity index (χ1n) is 7.46. The van der Waals surface area contributed by atoms with Crippen LogP contribution in [0, 0.1) is 0 Å². The molecule has 0 aromatic heterocycles. The molecule has 0 amide bonds. The zero-order valence-corrected chi connectivity index (χ0v) is 15.7. The van der Waals surface area contributed by atoms with Gasteiger partial charge in [0.1, 0.15) is 0 Å². The lowest BCUT2D eigenvalue weighted by Crippen LogP contribution is -2.14. The lowest BCUT2D eigenvalue weighted by Gasteiger charge is -2.09. The fraction of sp³-hybridized carbons (Fsp3) is 0.158. The third-order valence-electron chi connectivity index (χ3n) is 3.56. The van der Waals surface area contributed by atoms with E-state index >= 15 is 0 Å². The van der Waals surface area contributed by atoms with Gasteiger partial charge in [-0.15, -0.1) is 0 Å². The monoisotopic (exact) mass is 403 g/mol. The van der Waals surface area contributed by atoms with Crippen LogP contribution in [0.4, 0.5) is 5.69 Å². The minimum Gasteiger partial charge on any atom is -0.493 e. The lowest BCUT2D eigenvalue weighted by molar-refractivity contribution is 0.104. The molecule has 0 fully saturated rings. The summed E-state index contributed by atoms with van der Waals surface area (Å²) in [6.07, 6.45) is 2.95. The summed E-state index contributed by atoms with van der Waals surface area (Å²) in [6, 6.07) is 10.2. The van der Waals surface area contributed by atoms with Gasteiger partial charge >= 0.3 is 0 Å². The van der Waals surface area contributed by atoms with Crippen LogP contribution in [0.1, 0.15) is 15.9 Å². The van der Waals surface area contributed by atoms with Crippen molar-refractivity contribution in [3.05, 3.63) is 68.3 Å². The molecule has 6 heteroatoms. The van der Waals surface area contributed by atoms with Crippen LogP contribution in [0.5, 0.6) is 11.5 Å². The van der Waals surface area contributed by atoms with Gasteiger partial charge < -0.3 is 14.8 Å². The number of ether oxygens (including phenoxy) is 2. The van der Waals surface area contributed by atoms with Gasteiger partial charge in [0.05, 0.1) is 25.5 Å². The number of carbonyl (C=O) groups excluding carboxylic acids is 1. The summed E-state index contributed by atoms with van der Waals surface area (Å²) in [5, 5.41) is 2.80. The average molecular weight is 404 g/mol. The molecule has 2 rings (SSSR count). The van der Waals surface area contributed by atoms with E-state index in [1.54, 1.807) is 50.6 Å². The summed E-state index contributed by atoms with van der Waals surface area (Å²) in [6.45, 7) is 0. The van der Waals surface area contributed by atoms with Crippen LogP contribution in [0.25, 0.3) is 6.08 Å². The number of ketones is 1. The number of hydrogen-bond donors (Lipinski definition) is 1. The first-order chi connectivity index (χ1) is 12.0. The topological polar surface area (TPSA) is 64.6 Å². The number of para-hydroxylation sites is 1. The van der Waals surface area contributed by atoms with Gasteiger partial charge in [0, 0.05) is 17.1 Å². The van der Waals surface area contributed by atoms with Gasteiger partial charge in [-0.1, -0.05) is 28.1 Å². The molecular formula is C19H18BrNO4. The molecule has 0 aliphatic carbocycles. The Balaban J connectivity index is 2.45. The van der Waals surface area contributed by atoms with Gasteiger partial charge in [-0.25, -0.2) is 0 Å². The Kier molecular flexibility index (Phi) is 6.36. The highest BCUT2D eigenvalue weighted by atomic mass is 79.9. The second kappa shape index (κ2) is 8.48. The lowest BCUT2D eigenvalue weighted by atomic mass is 10.1. The summed E-state index contributed by atoms with van der Waals surface area (Å²) in [5.41, 5.74) is 0.733. The standard InChI is InChI=1S/C19H18BrNO4/c1-21-15-9-8-13(20)11-14(18(15)23)16(22)10-7-12-5-4-6-17(24-2)19(12)25-3/h4-11H,1-3H3,(H,21,23)/b10-7+. The highest BCUT2D eigenvalue weighted by Crippen LogP contribution is 2.31. The maximum absolute atomic E-state index is 12.5. The van der Waals surface area contributed by atoms with E-state index in [9.17, 15) is 9.59 Å². The van der Waals surface area contributed by atoms with E-state index in [1.807, 2.05) is 0 Å². The van der Waals surface area contributed by atoms with Gasteiger partial charge in [-0.3, -0.25) is 9.59 Å². The van der Waals surface area contributed by atoms with E-state index in [0.717, 1.165) is 0 Å². The number of carbonyl (C=O) groups is 1. The van der Waals surface area contributed by atoms with Gasteiger partial charge in [-0.2, -0.15) is 0 Å². The summed E-state index contributed by atoms with van der Waals surface area (Å²) >= 11 is 3.32. The molecule has 25 heavy (non-hydrogen) atoms. The predicted octanol–water partition coefficient (Wildman–Crippen LogP) is 3.76. The van der Waals surface area contributed by atoms with E-state index in [0.29, 0.717) is 27.2 Å². The molecule has 2 aromatic rings. The fourth-order valence-corrected chi connectivity index (χ4v) is 2.67. The molecule has 0 heterocycles. The number of halogens is 1. The van der Waals surface area contributed by atoms with Crippen molar-refractivity contribution < 1.29 is 14.3 Å². The quantitative estimate of drug-likeness (QED) is 0.587. The van der Waals surface area contributed by atoms with E-state index in [-0.39, 0.29) is 11.0 Å². The van der Waals surface area contributed by atoms with Crippen molar-refractivity contribution in [2.45, 2.75) is 0 Å². The van der Waals surface area contributed by atoms with Crippen LogP contribution in [0.15, 0.2) is 51.7 Å². The van der Waals surface area contributed by atoms with E-state index < -0.39 is 5.78 Å². The van der Waals surface area contributed by atoms with Crippen LogP contribution < -0.4 is 20.2 Å². The predicted molar refractivity (Wildman–Crippen MR) is 103 cm³/mol. The first kappa shape index (κ1) is 18.7. The highest BCUT2D eigenvalue weighted by Gasteiger charge is 2.11. The van der Waals surface area contributed by atoms with Crippen molar-refractivity contribution in [3.8, 4) is 11.5 Å². The molecule has 0 aliphatic rings. The molecule has 0 bridgehead atoms. The molecule has 0 saturated heterocycles. The number of anilines is 1. The van der Waals surface area contributed by atoms with Crippen LogP contribution in [-0.4, -0.2) is 27.1 Å².